The lowest BCUT2D eigenvalue weighted by Crippen LogP contribution is -2.68. The maximum Gasteiger partial charge on any atom is 0.193 e. The molecule has 10 heteroatoms. The number of aliphatic hydroxyl groups is 2. The zero-order valence-electron chi connectivity index (χ0n) is 34.2. The molecule has 1 aromatic rings. The average Bonchev–Trinajstić information content (AvgIpc) is 3.00. The van der Waals surface area contributed by atoms with Gasteiger partial charge in [0.1, 0.15) is 11.4 Å². The number of ether oxygens (including phenoxy) is 2. The zero-order chi connectivity index (χ0) is 37.5. The summed E-state index contributed by atoms with van der Waals surface area (Å²) >= 11 is 0. The Bertz CT molecular complexity index is 1070. The molecule has 0 heterocycles. The lowest BCUT2D eigenvalue weighted by atomic mass is 9.78. The van der Waals surface area contributed by atoms with Crippen LogP contribution in [0, 0.1) is 11.8 Å². The Morgan fingerprint density at radius 3 is 1.52 bits per heavy atom. The maximum atomic E-state index is 11.4. The van der Waals surface area contributed by atoms with Crippen molar-refractivity contribution >= 4 is 25.0 Å². The highest BCUT2D eigenvalue weighted by molar-refractivity contribution is 6.75. The summed E-state index contributed by atoms with van der Waals surface area (Å²) < 4.78 is 34.8. The van der Waals surface area contributed by atoms with Gasteiger partial charge in [0.05, 0.1) is 38.1 Å². The summed E-state index contributed by atoms with van der Waals surface area (Å²) in [6.45, 7) is 37.9. The minimum atomic E-state index is -2.43. The largest absolute Gasteiger partial charge is 0.497 e. The van der Waals surface area contributed by atoms with Crippen LogP contribution in [0.15, 0.2) is 24.3 Å². The molecule has 0 spiro atoms. The first-order chi connectivity index (χ1) is 21.8. The van der Waals surface area contributed by atoms with Crippen molar-refractivity contribution in [2.45, 2.75) is 181 Å². The van der Waals surface area contributed by atoms with Crippen LogP contribution in [0.2, 0.25) is 54.4 Å². The maximum absolute atomic E-state index is 11.4. The lowest BCUT2D eigenvalue weighted by Gasteiger charge is -2.56. The zero-order valence-corrected chi connectivity index (χ0v) is 37.2. The van der Waals surface area contributed by atoms with Crippen molar-refractivity contribution in [2.24, 2.45) is 11.8 Å². The standard InChI is InChI=1S/C38H76O7Si3/c1-19-48(20-2,21-3)45-38(13,34(28(4)26-39)43-46(15,16)36(7,8)9)35(44-47(17,18)37(10,11)12)29(5)33(30(6)40)42-27-31-22-24-32(41-14)25-23-31/h22-25,28-30,33-35,39-40H,19-21,26-27H2,1-18H3/t28-,29-,30-,33-,34-,35+,38+/m0/s1. The van der Waals surface area contributed by atoms with Crippen LogP contribution in [-0.4, -0.2) is 78.9 Å². The van der Waals surface area contributed by atoms with Gasteiger partial charge in [0.15, 0.2) is 25.0 Å². The van der Waals surface area contributed by atoms with Crippen LogP contribution in [0.5, 0.6) is 5.75 Å². The van der Waals surface area contributed by atoms with Crippen LogP contribution in [0.3, 0.4) is 0 Å². The molecule has 0 amide bonds. The van der Waals surface area contributed by atoms with Gasteiger partial charge in [-0.3, -0.25) is 0 Å². The van der Waals surface area contributed by atoms with E-state index in [1.54, 1.807) is 14.0 Å². The average molecular weight is 729 g/mol. The second kappa shape index (κ2) is 17.8. The molecule has 0 aliphatic heterocycles. The van der Waals surface area contributed by atoms with Gasteiger partial charge in [-0.2, -0.15) is 0 Å². The highest BCUT2D eigenvalue weighted by atomic mass is 28.4. The number of methoxy groups -OCH3 is 1. The highest BCUT2D eigenvalue weighted by Gasteiger charge is 2.57. The molecule has 2 N–H and O–H groups in total. The summed E-state index contributed by atoms with van der Waals surface area (Å²) in [5.74, 6) is 0.288. The van der Waals surface area contributed by atoms with Gasteiger partial charge in [0.2, 0.25) is 0 Å². The van der Waals surface area contributed by atoms with E-state index < -0.39 is 55.0 Å². The van der Waals surface area contributed by atoms with Crippen molar-refractivity contribution < 1.29 is 33.0 Å². The molecular formula is C38H76O7Si3. The minimum Gasteiger partial charge on any atom is -0.497 e. The summed E-state index contributed by atoms with van der Waals surface area (Å²) in [5, 5.41) is 22.1. The number of benzene rings is 1. The van der Waals surface area contributed by atoms with Crippen molar-refractivity contribution in [1.82, 2.24) is 0 Å². The third-order valence-electron chi connectivity index (χ3n) is 11.8. The second-order valence-corrected chi connectivity index (χ2v) is 31.7. The molecule has 0 unspecified atom stereocenters. The van der Waals surface area contributed by atoms with Gasteiger partial charge in [-0.05, 0) is 85.9 Å². The van der Waals surface area contributed by atoms with Gasteiger partial charge >= 0.3 is 0 Å². The fourth-order valence-corrected chi connectivity index (χ4v) is 12.1. The van der Waals surface area contributed by atoms with Crippen LogP contribution >= 0.6 is 0 Å². The Morgan fingerprint density at radius 1 is 0.729 bits per heavy atom. The fraction of sp³-hybridized carbons (Fsp3) is 0.842. The molecule has 0 aromatic heterocycles. The predicted molar refractivity (Wildman–Crippen MR) is 209 cm³/mol. The number of hydrogen-bond donors (Lipinski definition) is 2. The summed E-state index contributed by atoms with van der Waals surface area (Å²) in [6, 6.07) is 10.7. The third kappa shape index (κ3) is 11.2. The van der Waals surface area contributed by atoms with Crippen molar-refractivity contribution in [1.29, 1.82) is 0 Å². The van der Waals surface area contributed by atoms with Gasteiger partial charge in [-0.25, -0.2) is 0 Å². The molecule has 48 heavy (non-hydrogen) atoms. The van der Waals surface area contributed by atoms with Crippen LogP contribution in [0.4, 0.5) is 0 Å². The van der Waals surface area contributed by atoms with E-state index >= 15 is 0 Å². The second-order valence-electron chi connectivity index (χ2n) is 17.5. The molecule has 7 nitrogen and oxygen atoms in total. The van der Waals surface area contributed by atoms with E-state index in [9.17, 15) is 10.2 Å². The summed E-state index contributed by atoms with van der Waals surface area (Å²) in [6.07, 6.45) is -2.26. The van der Waals surface area contributed by atoms with E-state index in [4.69, 9.17) is 22.8 Å². The topological polar surface area (TPSA) is 86.6 Å². The Labute approximate surface area is 299 Å². The molecule has 0 aliphatic carbocycles. The third-order valence-corrected chi connectivity index (χ3v) is 25.5. The molecule has 1 rings (SSSR count). The molecule has 0 bridgehead atoms. The van der Waals surface area contributed by atoms with Crippen LogP contribution in [0.25, 0.3) is 0 Å². The molecule has 7 atom stereocenters. The van der Waals surface area contributed by atoms with Crippen molar-refractivity contribution in [2.75, 3.05) is 13.7 Å². The monoisotopic (exact) mass is 728 g/mol. The van der Waals surface area contributed by atoms with E-state index in [1.165, 1.54) is 0 Å². The van der Waals surface area contributed by atoms with Gasteiger partial charge < -0.3 is 33.0 Å². The van der Waals surface area contributed by atoms with Crippen LogP contribution in [-0.2, 0) is 24.6 Å². The molecular weight excluding hydrogens is 653 g/mol. The molecule has 0 radical (unpaired) electrons. The van der Waals surface area contributed by atoms with Gasteiger partial charge in [-0.15, -0.1) is 0 Å². The summed E-state index contributed by atoms with van der Waals surface area (Å²) in [4.78, 5) is 0. The van der Waals surface area contributed by atoms with E-state index in [-0.39, 0.29) is 28.5 Å². The first-order valence-electron chi connectivity index (χ1n) is 18.4. The molecule has 0 aliphatic rings. The number of rotatable bonds is 20. The van der Waals surface area contributed by atoms with E-state index in [1.807, 2.05) is 24.3 Å². The Hall–Kier alpha value is -0.569. The summed E-state index contributed by atoms with van der Waals surface area (Å²) in [7, 11) is -5.43. The number of hydrogen-bond acceptors (Lipinski definition) is 7. The lowest BCUT2D eigenvalue weighted by molar-refractivity contribution is -0.175. The predicted octanol–water partition coefficient (Wildman–Crippen LogP) is 9.79. The summed E-state index contributed by atoms with van der Waals surface area (Å²) in [5.41, 5.74) is 0.0502. The number of aliphatic hydroxyl groups excluding tert-OH is 2. The minimum absolute atomic E-state index is 0.0356. The first-order valence-corrected chi connectivity index (χ1v) is 26.8. The fourth-order valence-electron chi connectivity index (χ4n) is 6.16. The highest BCUT2D eigenvalue weighted by Crippen LogP contribution is 2.48. The SMILES string of the molecule is CC[Si](CC)(CC)O[C@@](C)([C@H](O[Si](C)(C)C(C)(C)C)[C@@H](C)[C@H](OCc1ccc(OC)cc1)[C@H](C)O)[C@@H](O[Si](C)(C)C(C)(C)C)[C@@H](C)CO. The smallest absolute Gasteiger partial charge is 0.193 e. The Morgan fingerprint density at radius 2 is 1.17 bits per heavy atom. The molecule has 0 fully saturated rings. The van der Waals surface area contributed by atoms with Crippen LogP contribution < -0.4 is 4.74 Å². The molecule has 282 valence electrons. The molecule has 0 saturated heterocycles. The van der Waals surface area contributed by atoms with Crippen LogP contribution in [0.1, 0.15) is 95.6 Å². The van der Waals surface area contributed by atoms with Gasteiger partial charge in [-0.1, -0.05) is 88.3 Å². The van der Waals surface area contributed by atoms with Crippen molar-refractivity contribution in [3.63, 3.8) is 0 Å². The Balaban J connectivity index is 4.10. The van der Waals surface area contributed by atoms with E-state index in [0.717, 1.165) is 29.4 Å². The first kappa shape index (κ1) is 45.5. The molecule has 0 saturated carbocycles. The van der Waals surface area contributed by atoms with Gasteiger partial charge in [0.25, 0.3) is 0 Å². The quantitative estimate of drug-likeness (QED) is 0.129. The van der Waals surface area contributed by atoms with E-state index in [0.29, 0.717) is 6.61 Å². The Kier molecular flexibility index (Phi) is 16.8. The van der Waals surface area contributed by atoms with Crippen molar-refractivity contribution in [3.8, 4) is 5.75 Å². The van der Waals surface area contributed by atoms with Gasteiger partial charge in [0, 0.05) is 18.4 Å². The van der Waals surface area contributed by atoms with Crippen molar-refractivity contribution in [3.05, 3.63) is 29.8 Å². The van der Waals surface area contributed by atoms with E-state index in [2.05, 4.69) is 109 Å². The normalized spacial score (nSPS) is 18.8. The molecule has 1 aromatic carbocycles.